The molecule has 11 heteroatoms. The number of nitrogens with two attached hydrogens (primary N) is 1. The number of pyridine rings is 1. The van der Waals surface area contributed by atoms with Gasteiger partial charge in [-0.3, -0.25) is 20.2 Å². The Labute approximate surface area is 173 Å². The first kappa shape index (κ1) is 21.1. The normalized spacial score (nSPS) is 21.5. The van der Waals surface area contributed by atoms with Gasteiger partial charge in [0.2, 0.25) is 0 Å². The van der Waals surface area contributed by atoms with Gasteiger partial charge in [0.05, 0.1) is 0 Å². The molecule has 4 rings (SSSR count). The highest BCUT2D eigenvalue weighted by Gasteiger charge is 2.47. The van der Waals surface area contributed by atoms with E-state index in [0.29, 0.717) is 31.5 Å². The van der Waals surface area contributed by atoms with Crippen LogP contribution in [0.4, 0.5) is 15.4 Å². The third-order valence-corrected chi connectivity index (χ3v) is 4.84. The lowest BCUT2D eigenvalue weighted by Crippen LogP contribution is -2.55. The van der Waals surface area contributed by atoms with Crippen LogP contribution in [0.25, 0.3) is 0 Å². The summed E-state index contributed by atoms with van der Waals surface area (Å²) in [4.78, 5) is 52.3. The zero-order valence-corrected chi connectivity index (χ0v) is 16.4. The van der Waals surface area contributed by atoms with Crippen LogP contribution in [0.3, 0.4) is 0 Å². The van der Waals surface area contributed by atoms with Gasteiger partial charge in [-0.25, -0.2) is 14.6 Å². The number of amides is 6. The molecule has 6 amide bonds. The molecule has 1 atom stereocenters. The van der Waals surface area contributed by atoms with E-state index in [2.05, 4.69) is 38.1 Å². The maximum absolute atomic E-state index is 12.0. The summed E-state index contributed by atoms with van der Waals surface area (Å²) < 4.78 is 0. The van der Waals surface area contributed by atoms with Crippen LogP contribution < -0.4 is 31.9 Å². The largest absolute Gasteiger partial charge is 0.356 e. The molecule has 0 saturated carbocycles. The number of carbonyl (C=O) groups excluding carboxylic acids is 4. The van der Waals surface area contributed by atoms with Crippen LogP contribution >= 0.6 is 0 Å². The van der Waals surface area contributed by atoms with Crippen LogP contribution in [-0.2, 0) is 9.59 Å². The number of aromatic nitrogens is 1. The third-order valence-electron chi connectivity index (χ3n) is 4.84. The lowest BCUT2D eigenvalue weighted by atomic mass is 9.88. The summed E-state index contributed by atoms with van der Waals surface area (Å²) >= 11 is 0. The number of hydrogen-bond donors (Lipinski definition) is 5. The van der Waals surface area contributed by atoms with E-state index >= 15 is 0 Å². The molecule has 4 heterocycles. The van der Waals surface area contributed by atoms with Crippen molar-refractivity contribution < 1.29 is 19.2 Å². The van der Waals surface area contributed by atoms with Crippen molar-refractivity contribution in [3.05, 3.63) is 23.9 Å². The van der Waals surface area contributed by atoms with E-state index in [1.165, 1.54) is 0 Å². The van der Waals surface area contributed by atoms with Crippen LogP contribution in [0.1, 0.15) is 25.3 Å². The number of hydrogen-bond acceptors (Lipinski definition) is 7. The van der Waals surface area contributed by atoms with Gasteiger partial charge in [-0.05, 0) is 31.5 Å². The van der Waals surface area contributed by atoms with Crippen molar-refractivity contribution in [1.29, 1.82) is 0 Å². The molecule has 1 unspecified atom stereocenters. The number of imide groups is 2. The fourth-order valence-corrected chi connectivity index (χ4v) is 3.32. The standard InChI is InChI=1S/C17H16N6O4.C2H7N/c24-13-11(19-15(26)20-13)3-1-10-2-4-12(18-9-10)23-7-5-17(6-8-23)14(25)21-16(27)22-17;1-2-3/h2,4,9,11H,5-8H2,(H2,19,20,24,26)(H2,21,22,25,27);2-3H2,1H3. The SMILES string of the molecule is CCN.O=C1NC(=O)C(C#Cc2ccc(N3CCC4(CC3)NC(=O)NC4=O)nc2)N1. The van der Waals surface area contributed by atoms with Crippen molar-refractivity contribution in [2.24, 2.45) is 5.73 Å². The van der Waals surface area contributed by atoms with Gasteiger partial charge in [-0.1, -0.05) is 18.8 Å². The summed E-state index contributed by atoms with van der Waals surface area (Å²) in [6, 6.07) is 1.73. The fraction of sp³-hybridized carbons (Fsp3) is 0.421. The van der Waals surface area contributed by atoms with E-state index in [9.17, 15) is 19.2 Å². The van der Waals surface area contributed by atoms with Gasteiger partial charge in [0.15, 0.2) is 6.04 Å². The highest BCUT2D eigenvalue weighted by atomic mass is 16.2. The van der Waals surface area contributed by atoms with Crippen LogP contribution in [0.15, 0.2) is 18.3 Å². The predicted molar refractivity (Wildman–Crippen MR) is 107 cm³/mol. The Morgan fingerprint density at radius 2 is 1.87 bits per heavy atom. The Morgan fingerprint density at radius 3 is 2.37 bits per heavy atom. The quantitative estimate of drug-likeness (QED) is 0.285. The van der Waals surface area contributed by atoms with E-state index in [-0.39, 0.29) is 5.91 Å². The molecular weight excluding hydrogens is 390 g/mol. The van der Waals surface area contributed by atoms with Crippen molar-refractivity contribution in [2.45, 2.75) is 31.3 Å². The Bertz CT molecular complexity index is 911. The molecule has 3 saturated heterocycles. The molecule has 1 aromatic rings. The summed E-state index contributed by atoms with van der Waals surface area (Å²) in [6.45, 7) is 3.82. The topological polar surface area (TPSA) is 159 Å². The summed E-state index contributed by atoms with van der Waals surface area (Å²) in [6.07, 6.45) is 2.60. The summed E-state index contributed by atoms with van der Waals surface area (Å²) in [5.74, 6) is 5.50. The molecule has 1 aromatic heterocycles. The maximum Gasteiger partial charge on any atom is 0.322 e. The van der Waals surface area contributed by atoms with Crippen LogP contribution in [0.5, 0.6) is 0 Å². The third kappa shape index (κ3) is 4.49. The molecule has 6 N–H and O–H groups in total. The zero-order chi connectivity index (χ0) is 21.7. The van der Waals surface area contributed by atoms with E-state index < -0.39 is 29.6 Å². The molecule has 3 fully saturated rings. The van der Waals surface area contributed by atoms with Crippen molar-refractivity contribution in [1.82, 2.24) is 26.3 Å². The van der Waals surface area contributed by atoms with Crippen molar-refractivity contribution in [3.63, 3.8) is 0 Å². The van der Waals surface area contributed by atoms with E-state index in [1.54, 1.807) is 12.3 Å². The Balaban J connectivity index is 0.000000806. The van der Waals surface area contributed by atoms with E-state index in [4.69, 9.17) is 5.73 Å². The molecule has 158 valence electrons. The summed E-state index contributed by atoms with van der Waals surface area (Å²) in [5, 5.41) is 9.53. The molecule has 30 heavy (non-hydrogen) atoms. The Hall–Kier alpha value is -3.65. The number of urea groups is 2. The second-order valence-electron chi connectivity index (χ2n) is 6.96. The second-order valence-corrected chi connectivity index (χ2v) is 6.96. The van der Waals surface area contributed by atoms with Crippen molar-refractivity contribution >= 4 is 29.7 Å². The van der Waals surface area contributed by atoms with Crippen LogP contribution in [0, 0.1) is 11.8 Å². The average molecular weight is 413 g/mol. The number of nitrogens with one attached hydrogen (secondary N) is 4. The lowest BCUT2D eigenvalue weighted by Gasteiger charge is -2.37. The van der Waals surface area contributed by atoms with E-state index in [0.717, 1.165) is 12.4 Å². The van der Waals surface area contributed by atoms with Gasteiger partial charge in [0, 0.05) is 24.8 Å². The Kier molecular flexibility index (Phi) is 6.17. The van der Waals surface area contributed by atoms with Crippen LogP contribution in [0.2, 0.25) is 0 Å². The van der Waals surface area contributed by atoms with Gasteiger partial charge in [0.25, 0.3) is 11.8 Å². The first-order chi connectivity index (χ1) is 14.4. The highest BCUT2D eigenvalue weighted by molar-refractivity contribution is 6.07. The number of rotatable bonds is 1. The predicted octanol–water partition coefficient (Wildman–Crippen LogP) is -1.22. The van der Waals surface area contributed by atoms with Gasteiger partial charge in [-0.15, -0.1) is 0 Å². The molecule has 3 aliphatic rings. The Morgan fingerprint density at radius 1 is 1.17 bits per heavy atom. The number of carbonyl (C=O) groups is 4. The maximum atomic E-state index is 12.0. The number of anilines is 1. The number of piperidine rings is 1. The molecule has 3 aliphatic heterocycles. The van der Waals surface area contributed by atoms with Crippen molar-refractivity contribution in [2.75, 3.05) is 24.5 Å². The minimum absolute atomic E-state index is 0.270. The van der Waals surface area contributed by atoms with Gasteiger partial charge in [-0.2, -0.15) is 0 Å². The molecule has 1 spiro atoms. The molecule has 0 aliphatic carbocycles. The first-order valence-corrected chi connectivity index (χ1v) is 9.54. The summed E-state index contributed by atoms with van der Waals surface area (Å²) in [7, 11) is 0. The number of nitrogens with zero attached hydrogens (tertiary/aromatic N) is 2. The summed E-state index contributed by atoms with van der Waals surface area (Å²) in [5.41, 5.74) is 4.65. The zero-order valence-electron chi connectivity index (χ0n) is 16.4. The lowest BCUT2D eigenvalue weighted by molar-refractivity contribution is -0.124. The second kappa shape index (κ2) is 8.79. The highest BCUT2D eigenvalue weighted by Crippen LogP contribution is 2.27. The fourth-order valence-electron chi connectivity index (χ4n) is 3.32. The molecule has 0 aromatic carbocycles. The smallest absolute Gasteiger partial charge is 0.322 e. The van der Waals surface area contributed by atoms with Gasteiger partial charge < -0.3 is 21.3 Å². The average Bonchev–Trinajstić information content (AvgIpc) is 3.18. The minimum Gasteiger partial charge on any atom is -0.356 e. The van der Waals surface area contributed by atoms with Crippen LogP contribution in [-0.4, -0.2) is 60.1 Å². The first-order valence-electron chi connectivity index (χ1n) is 9.54. The van der Waals surface area contributed by atoms with Gasteiger partial charge >= 0.3 is 12.1 Å². The van der Waals surface area contributed by atoms with Crippen molar-refractivity contribution in [3.8, 4) is 11.8 Å². The van der Waals surface area contributed by atoms with Gasteiger partial charge in [0.1, 0.15) is 11.4 Å². The molecule has 0 radical (unpaired) electrons. The molecular formula is C19H23N7O4. The molecule has 0 bridgehead atoms. The monoisotopic (exact) mass is 413 g/mol. The van der Waals surface area contributed by atoms with E-state index in [1.807, 2.05) is 17.9 Å². The minimum atomic E-state index is -0.858. The molecule has 11 nitrogen and oxygen atoms in total.